The van der Waals surface area contributed by atoms with Crippen LogP contribution in [0.4, 0.5) is 4.39 Å². The summed E-state index contributed by atoms with van der Waals surface area (Å²) in [7, 11) is -2.31. The molecule has 1 aromatic heterocycles. The number of ketones is 1. The molecule has 0 spiro atoms. The summed E-state index contributed by atoms with van der Waals surface area (Å²) in [4.78, 5) is 24.6. The number of allylic oxidation sites excluding steroid dienone is 6. The molecule has 0 bridgehead atoms. The Balaban J connectivity index is 0.000000314. The van der Waals surface area contributed by atoms with Crippen molar-refractivity contribution < 1.29 is 31.7 Å². The van der Waals surface area contributed by atoms with Crippen molar-refractivity contribution in [2.75, 3.05) is 0 Å². The number of amides is 1. The molecule has 1 amide bonds. The number of fused-ring (bicyclic) bond motifs is 1. The van der Waals surface area contributed by atoms with Crippen LogP contribution < -0.4 is 10.1 Å². The molecule has 0 aliphatic heterocycles. The Morgan fingerprint density at radius 2 is 1.84 bits per heavy atom. The van der Waals surface area contributed by atoms with E-state index in [1.807, 2.05) is 30.4 Å². The van der Waals surface area contributed by atoms with Gasteiger partial charge in [0.2, 0.25) is 5.91 Å². The Bertz CT molecular complexity index is 1800. The number of ether oxygens (including phenoxy) is 1. The zero-order chi connectivity index (χ0) is 30.7. The quantitative estimate of drug-likeness (QED) is 0.273. The molecule has 1 heterocycles. The minimum absolute atomic E-state index is 0.00841. The predicted octanol–water partition coefficient (Wildman–Crippen LogP) is 5.03. The first-order chi connectivity index (χ1) is 20.5. The number of hydrogen-bond donors (Lipinski definition) is 2. The number of nitrogens with one attached hydrogen (secondary N) is 1. The fraction of sp³-hybridized carbons (Fsp3) is 0.219. The highest BCUT2D eigenvalue weighted by Gasteiger charge is 2.31. The first kappa shape index (κ1) is 29.9. The van der Waals surface area contributed by atoms with Crippen molar-refractivity contribution in [2.24, 2.45) is 18.9 Å². The van der Waals surface area contributed by atoms with Crippen LogP contribution in [0.3, 0.4) is 0 Å². The van der Waals surface area contributed by atoms with E-state index in [1.165, 1.54) is 22.9 Å². The maximum atomic E-state index is 14.4. The second kappa shape index (κ2) is 12.3. The van der Waals surface area contributed by atoms with Crippen LogP contribution in [-0.2, 0) is 28.4 Å². The lowest BCUT2D eigenvalue weighted by Gasteiger charge is -2.15. The largest absolute Gasteiger partial charge is 0.458 e. The highest BCUT2D eigenvalue weighted by atomic mass is 32.2. The maximum Gasteiger partial charge on any atom is 0.294 e. The first-order valence-corrected chi connectivity index (χ1v) is 15.1. The third kappa shape index (κ3) is 7.62. The number of halogens is 1. The zero-order valence-corrected chi connectivity index (χ0v) is 24.3. The number of rotatable bonds is 8. The number of Topliss-reactive ketones (excluding diaryl/α,β-unsaturated/α-hetero) is 1. The molecule has 6 rings (SSSR count). The minimum atomic E-state index is -4.00. The topological polar surface area (TPSA) is 128 Å². The second-order valence-electron chi connectivity index (χ2n) is 10.5. The fourth-order valence-electron chi connectivity index (χ4n) is 4.68. The molecule has 1 fully saturated rings. The normalized spacial score (nSPS) is 17.1. The molecule has 11 heteroatoms. The molecule has 1 saturated carbocycles. The molecule has 3 aromatic rings. The summed E-state index contributed by atoms with van der Waals surface area (Å²) in [6.45, 7) is 1.81. The average Bonchev–Trinajstić information content (AvgIpc) is 3.66. The fourth-order valence-corrected chi connectivity index (χ4v) is 5.18. The van der Waals surface area contributed by atoms with Crippen molar-refractivity contribution in [3.63, 3.8) is 0 Å². The summed E-state index contributed by atoms with van der Waals surface area (Å²) < 4.78 is 51.1. The number of carbonyl (C=O) groups excluding carboxylic acids is 2. The summed E-state index contributed by atoms with van der Waals surface area (Å²) in [6.07, 6.45) is 11.5. The monoisotopic (exact) mass is 603 g/mol. The molecule has 9 nitrogen and oxygen atoms in total. The molecule has 0 radical (unpaired) electrons. The molecule has 2 N–H and O–H groups in total. The summed E-state index contributed by atoms with van der Waals surface area (Å²) in [5.74, 6) is 0.644. The number of carbonyl (C=O) groups is 2. The van der Waals surface area contributed by atoms with Gasteiger partial charge in [-0.3, -0.25) is 18.8 Å². The van der Waals surface area contributed by atoms with Crippen LogP contribution >= 0.6 is 0 Å². The summed E-state index contributed by atoms with van der Waals surface area (Å²) in [5, 5.41) is 7.15. The number of aryl methyl sites for hydroxylation is 2. The van der Waals surface area contributed by atoms with Gasteiger partial charge in [0.05, 0.1) is 10.6 Å². The van der Waals surface area contributed by atoms with Crippen LogP contribution in [0.25, 0.3) is 0 Å². The predicted molar refractivity (Wildman–Crippen MR) is 157 cm³/mol. The van der Waals surface area contributed by atoms with Gasteiger partial charge < -0.3 is 10.1 Å². The summed E-state index contributed by atoms with van der Waals surface area (Å²) in [5.41, 5.74) is 3.32. The summed E-state index contributed by atoms with van der Waals surface area (Å²) >= 11 is 0. The number of benzene rings is 2. The molecular formula is C32H30FN3O6S. The minimum Gasteiger partial charge on any atom is -0.458 e. The van der Waals surface area contributed by atoms with E-state index >= 15 is 0 Å². The van der Waals surface area contributed by atoms with Crippen molar-refractivity contribution in [1.29, 1.82) is 0 Å². The van der Waals surface area contributed by atoms with E-state index in [-0.39, 0.29) is 40.4 Å². The van der Waals surface area contributed by atoms with Crippen LogP contribution in [0.15, 0.2) is 107 Å². The Labute approximate surface area is 248 Å². The van der Waals surface area contributed by atoms with Gasteiger partial charge in [-0.1, -0.05) is 24.3 Å². The van der Waals surface area contributed by atoms with Crippen LogP contribution in [-0.4, -0.2) is 34.4 Å². The van der Waals surface area contributed by atoms with E-state index in [1.54, 1.807) is 50.4 Å². The lowest BCUT2D eigenvalue weighted by molar-refractivity contribution is -0.121. The van der Waals surface area contributed by atoms with Crippen LogP contribution in [0.2, 0.25) is 0 Å². The van der Waals surface area contributed by atoms with E-state index in [0.29, 0.717) is 17.2 Å². The number of nitrogens with zero attached hydrogens (tertiary/aromatic N) is 2. The molecule has 1 atom stereocenters. The van der Waals surface area contributed by atoms with Gasteiger partial charge in [-0.05, 0) is 91.6 Å². The van der Waals surface area contributed by atoms with E-state index < -0.39 is 15.9 Å². The Kier molecular flexibility index (Phi) is 8.56. The van der Waals surface area contributed by atoms with Gasteiger partial charge in [-0.2, -0.15) is 13.5 Å². The zero-order valence-electron chi connectivity index (χ0n) is 23.5. The standard InChI is InChI=1S/C26H24FN3O3.C6H6O3S/c1-15-9-24(30(2)29-15)25(31)14-19-13-22(7-8-23(19)27)33-21-6-5-17-10-20(11-18(17)12-21)28-26(32)16-3-4-16;7-10(8,9)6-4-2-1-3-5-6/h5-13,16,18H,3-4,14H2,1-2H3,(H,28,32);1-5H,(H,7,8,9). The van der Waals surface area contributed by atoms with Gasteiger partial charge in [0, 0.05) is 31.0 Å². The maximum absolute atomic E-state index is 14.4. The second-order valence-corrected chi connectivity index (χ2v) is 11.9. The third-order valence-corrected chi connectivity index (χ3v) is 7.87. The Hall–Kier alpha value is -4.61. The number of hydrogen-bond acceptors (Lipinski definition) is 6. The smallest absolute Gasteiger partial charge is 0.294 e. The van der Waals surface area contributed by atoms with Crippen molar-refractivity contribution in [3.8, 4) is 5.75 Å². The number of aromatic nitrogens is 2. The highest BCUT2D eigenvalue weighted by Crippen LogP contribution is 2.33. The van der Waals surface area contributed by atoms with Crippen LogP contribution in [0.5, 0.6) is 5.75 Å². The molecule has 0 saturated heterocycles. The van der Waals surface area contributed by atoms with Crippen molar-refractivity contribution >= 4 is 21.8 Å². The van der Waals surface area contributed by atoms with Gasteiger partial charge in [-0.25, -0.2) is 4.39 Å². The summed E-state index contributed by atoms with van der Waals surface area (Å²) in [6, 6.07) is 13.5. The van der Waals surface area contributed by atoms with Crippen LogP contribution in [0, 0.1) is 24.6 Å². The van der Waals surface area contributed by atoms with Gasteiger partial charge >= 0.3 is 0 Å². The molecule has 43 heavy (non-hydrogen) atoms. The Morgan fingerprint density at radius 1 is 1.09 bits per heavy atom. The Morgan fingerprint density at radius 3 is 2.47 bits per heavy atom. The highest BCUT2D eigenvalue weighted by molar-refractivity contribution is 7.85. The van der Waals surface area contributed by atoms with Crippen molar-refractivity contribution in [1.82, 2.24) is 15.1 Å². The van der Waals surface area contributed by atoms with Crippen molar-refractivity contribution in [3.05, 3.63) is 125 Å². The van der Waals surface area contributed by atoms with Crippen LogP contribution in [0.1, 0.15) is 34.6 Å². The molecule has 3 aliphatic rings. The molecule has 222 valence electrons. The first-order valence-electron chi connectivity index (χ1n) is 13.6. The van der Waals surface area contributed by atoms with Gasteiger partial charge in [0.15, 0.2) is 5.78 Å². The van der Waals surface area contributed by atoms with Gasteiger partial charge in [-0.15, -0.1) is 0 Å². The molecule has 1 unspecified atom stereocenters. The molecular weight excluding hydrogens is 573 g/mol. The van der Waals surface area contributed by atoms with E-state index in [2.05, 4.69) is 10.4 Å². The molecule has 3 aliphatic carbocycles. The van der Waals surface area contributed by atoms with Gasteiger partial charge in [0.25, 0.3) is 10.1 Å². The van der Waals surface area contributed by atoms with E-state index in [0.717, 1.165) is 29.8 Å². The molecule has 2 aromatic carbocycles. The van der Waals surface area contributed by atoms with Crippen molar-refractivity contribution in [2.45, 2.75) is 31.1 Å². The lowest BCUT2D eigenvalue weighted by atomic mass is 9.97. The van der Waals surface area contributed by atoms with E-state index in [4.69, 9.17) is 9.29 Å². The third-order valence-electron chi connectivity index (χ3n) is 7.00. The van der Waals surface area contributed by atoms with E-state index in [9.17, 15) is 22.4 Å². The van der Waals surface area contributed by atoms with Gasteiger partial charge in [0.1, 0.15) is 23.0 Å². The lowest BCUT2D eigenvalue weighted by Crippen LogP contribution is -2.22. The SMILES string of the molecule is Cc1cc(C(=O)Cc2cc(OC3=CC4C=C(NC(=O)C5CC5)C=C4C=C3)ccc2F)n(C)n1.O=S(=O)(O)c1ccccc1. The average molecular weight is 604 g/mol.